The van der Waals surface area contributed by atoms with Crippen LogP contribution in [-0.2, 0) is 14.3 Å². The van der Waals surface area contributed by atoms with E-state index in [9.17, 15) is 9.59 Å². The molecule has 0 aromatic carbocycles. The van der Waals surface area contributed by atoms with E-state index in [1.807, 2.05) is 0 Å². The molecule has 1 N–H and O–H groups in total. The fourth-order valence-corrected chi connectivity index (χ4v) is 0.875. The van der Waals surface area contributed by atoms with Crippen LogP contribution < -0.4 is 0 Å². The summed E-state index contributed by atoms with van der Waals surface area (Å²) in [6, 6.07) is 0. The molecule has 0 aliphatic carbocycles. The fourth-order valence-electron chi connectivity index (χ4n) is 0.875. The van der Waals surface area contributed by atoms with Crippen molar-refractivity contribution in [3.8, 4) is 0 Å². The lowest BCUT2D eigenvalue weighted by Gasteiger charge is -2.19. The van der Waals surface area contributed by atoms with Crippen LogP contribution in [0.4, 0.5) is 0 Å². The van der Waals surface area contributed by atoms with Crippen LogP contribution in [0.5, 0.6) is 0 Å². The quantitative estimate of drug-likeness (QED) is 0.242. The van der Waals surface area contributed by atoms with Gasteiger partial charge in [-0.05, 0) is 34.6 Å². The minimum absolute atomic E-state index is 0.292. The van der Waals surface area contributed by atoms with Crippen LogP contribution in [0, 0.1) is 0 Å². The Kier molecular flexibility index (Phi) is 3.86. The van der Waals surface area contributed by atoms with Crippen LogP contribution in [0.15, 0.2) is 11.3 Å². The smallest absolute Gasteiger partial charge is 0.345 e. The van der Waals surface area contributed by atoms with Gasteiger partial charge in [0.15, 0.2) is 5.78 Å². The lowest BCUT2D eigenvalue weighted by molar-refractivity contribution is -0.150. The number of hydrogen-bond donors (Lipinski definition) is 1. The van der Waals surface area contributed by atoms with E-state index in [0.717, 1.165) is 0 Å². The molecule has 80 valence electrons. The fraction of sp³-hybridized carbons (Fsp3) is 0.600. The molecule has 0 spiro atoms. The summed E-state index contributed by atoms with van der Waals surface area (Å²) in [6.07, 6.45) is 0. The lowest BCUT2D eigenvalue weighted by Crippen LogP contribution is -2.27. The second-order valence-electron chi connectivity index (χ2n) is 4.02. The summed E-state index contributed by atoms with van der Waals surface area (Å²) in [4.78, 5) is 22.4. The molecule has 0 fully saturated rings. The molecule has 0 saturated heterocycles. The highest BCUT2D eigenvalue weighted by Crippen LogP contribution is 2.13. The highest BCUT2D eigenvalue weighted by atomic mass is 16.6. The van der Waals surface area contributed by atoms with Gasteiger partial charge in [-0.2, -0.15) is 0 Å². The van der Waals surface area contributed by atoms with Gasteiger partial charge in [-0.3, -0.25) is 4.79 Å². The lowest BCUT2D eigenvalue weighted by atomic mass is 10.1. The van der Waals surface area contributed by atoms with E-state index in [1.54, 1.807) is 20.8 Å². The van der Waals surface area contributed by atoms with Crippen molar-refractivity contribution >= 4 is 11.8 Å². The molecule has 0 amide bonds. The van der Waals surface area contributed by atoms with Crippen LogP contribution in [0.2, 0.25) is 0 Å². The van der Waals surface area contributed by atoms with Gasteiger partial charge >= 0.3 is 5.97 Å². The van der Waals surface area contributed by atoms with Crippen molar-refractivity contribution in [2.75, 3.05) is 0 Å². The van der Waals surface area contributed by atoms with Crippen LogP contribution >= 0.6 is 0 Å². The second kappa shape index (κ2) is 4.26. The standard InChI is InChI=1S/C10H16O4/c1-6(11)8(7(2)12)9(13)14-10(3,4)5/h11H,1-5H3/b8-6-. The summed E-state index contributed by atoms with van der Waals surface area (Å²) in [5.41, 5.74) is -0.965. The average Bonchev–Trinajstić information content (AvgIpc) is 1.78. The third-order valence-corrected chi connectivity index (χ3v) is 1.32. The molecule has 0 aliphatic heterocycles. The van der Waals surface area contributed by atoms with Gasteiger partial charge in [0.2, 0.25) is 0 Å². The number of ketones is 1. The first-order valence-electron chi connectivity index (χ1n) is 4.29. The first-order chi connectivity index (χ1) is 6.15. The maximum Gasteiger partial charge on any atom is 0.345 e. The SMILES string of the molecule is CC(=O)/C(C(=O)OC(C)(C)C)=C(\C)O. The summed E-state index contributed by atoms with van der Waals surface area (Å²) in [7, 11) is 0. The van der Waals surface area contributed by atoms with E-state index in [4.69, 9.17) is 9.84 Å². The molecule has 0 saturated carbocycles. The van der Waals surface area contributed by atoms with Crippen molar-refractivity contribution in [2.45, 2.75) is 40.2 Å². The second-order valence-corrected chi connectivity index (χ2v) is 4.02. The normalized spacial score (nSPS) is 13.2. The van der Waals surface area contributed by atoms with Gasteiger partial charge in [0, 0.05) is 0 Å². The number of hydrogen-bond acceptors (Lipinski definition) is 4. The molecule has 0 aromatic heterocycles. The topological polar surface area (TPSA) is 63.6 Å². The first-order valence-corrected chi connectivity index (χ1v) is 4.29. The van der Waals surface area contributed by atoms with Crippen molar-refractivity contribution in [1.82, 2.24) is 0 Å². The molecule has 4 nitrogen and oxygen atoms in total. The molecular weight excluding hydrogens is 184 g/mol. The Balaban J connectivity index is 4.84. The molecule has 0 radical (unpaired) electrons. The molecule has 0 unspecified atom stereocenters. The maximum atomic E-state index is 11.4. The van der Waals surface area contributed by atoms with Crippen LogP contribution in [0.3, 0.4) is 0 Å². The predicted molar refractivity (Wildman–Crippen MR) is 51.9 cm³/mol. The number of Topliss-reactive ketones (excluding diaryl/α,β-unsaturated/α-hetero) is 1. The van der Waals surface area contributed by atoms with Gasteiger partial charge in [-0.1, -0.05) is 0 Å². The van der Waals surface area contributed by atoms with Crippen LogP contribution in [0.25, 0.3) is 0 Å². The van der Waals surface area contributed by atoms with Crippen LogP contribution in [0.1, 0.15) is 34.6 Å². The van der Waals surface area contributed by atoms with E-state index < -0.39 is 17.4 Å². The molecular formula is C10H16O4. The molecule has 0 heterocycles. The zero-order valence-electron chi connectivity index (χ0n) is 9.17. The van der Waals surface area contributed by atoms with Gasteiger partial charge < -0.3 is 9.84 Å². The van der Waals surface area contributed by atoms with Gasteiger partial charge in [0.1, 0.15) is 16.9 Å². The Morgan fingerprint density at radius 3 is 1.79 bits per heavy atom. The third kappa shape index (κ3) is 4.07. The van der Waals surface area contributed by atoms with E-state index in [2.05, 4.69) is 0 Å². The van der Waals surface area contributed by atoms with Crippen LogP contribution in [-0.4, -0.2) is 22.5 Å². The van der Waals surface area contributed by atoms with Crippen molar-refractivity contribution in [3.05, 3.63) is 11.3 Å². The Labute approximate surface area is 83.6 Å². The Morgan fingerprint density at radius 1 is 1.14 bits per heavy atom. The highest BCUT2D eigenvalue weighted by molar-refractivity contribution is 6.16. The van der Waals surface area contributed by atoms with Gasteiger partial charge in [-0.25, -0.2) is 4.79 Å². The zero-order valence-corrected chi connectivity index (χ0v) is 9.17. The highest BCUT2D eigenvalue weighted by Gasteiger charge is 2.24. The maximum absolute atomic E-state index is 11.4. The molecule has 14 heavy (non-hydrogen) atoms. The summed E-state index contributed by atoms with van der Waals surface area (Å²) in [5.74, 6) is -1.60. The number of rotatable bonds is 2. The molecule has 0 aliphatic rings. The number of carbonyl (C=O) groups excluding carboxylic acids is 2. The van der Waals surface area contributed by atoms with Gasteiger partial charge in [-0.15, -0.1) is 0 Å². The predicted octanol–water partition coefficient (Wildman–Crippen LogP) is 1.75. The number of esters is 1. The number of ether oxygens (including phenoxy) is 1. The van der Waals surface area contributed by atoms with Crippen molar-refractivity contribution in [2.24, 2.45) is 0 Å². The number of aliphatic hydroxyl groups excluding tert-OH is 1. The summed E-state index contributed by atoms with van der Waals surface area (Å²) in [5, 5.41) is 9.11. The minimum Gasteiger partial charge on any atom is -0.512 e. The van der Waals surface area contributed by atoms with E-state index >= 15 is 0 Å². The third-order valence-electron chi connectivity index (χ3n) is 1.32. The molecule has 0 rings (SSSR count). The number of aliphatic hydroxyl groups is 1. The number of allylic oxidation sites excluding steroid dienone is 1. The Bertz CT molecular complexity index is 277. The summed E-state index contributed by atoms with van der Waals surface area (Å²) < 4.78 is 4.94. The Morgan fingerprint density at radius 2 is 1.57 bits per heavy atom. The molecule has 4 heteroatoms. The minimum atomic E-state index is -0.787. The van der Waals surface area contributed by atoms with E-state index in [1.165, 1.54) is 13.8 Å². The zero-order chi connectivity index (χ0) is 11.5. The van der Waals surface area contributed by atoms with Gasteiger partial charge in [0.25, 0.3) is 0 Å². The van der Waals surface area contributed by atoms with Gasteiger partial charge in [0.05, 0.1) is 0 Å². The first kappa shape index (κ1) is 12.7. The monoisotopic (exact) mass is 200 g/mol. The summed E-state index contributed by atoms with van der Waals surface area (Å²) in [6.45, 7) is 7.56. The molecule has 0 aromatic rings. The summed E-state index contributed by atoms with van der Waals surface area (Å²) >= 11 is 0. The number of carbonyl (C=O) groups is 2. The van der Waals surface area contributed by atoms with Crippen molar-refractivity contribution < 1.29 is 19.4 Å². The molecule has 0 bridgehead atoms. The van der Waals surface area contributed by atoms with E-state index in [0.29, 0.717) is 0 Å². The molecule has 0 atom stereocenters. The average molecular weight is 200 g/mol. The van der Waals surface area contributed by atoms with Crippen molar-refractivity contribution in [1.29, 1.82) is 0 Å². The Hall–Kier alpha value is -1.32. The largest absolute Gasteiger partial charge is 0.512 e. The van der Waals surface area contributed by atoms with E-state index in [-0.39, 0.29) is 11.3 Å². The van der Waals surface area contributed by atoms with Crippen molar-refractivity contribution in [3.63, 3.8) is 0 Å².